The first-order chi connectivity index (χ1) is 15.4. The second kappa shape index (κ2) is 10.9. The van der Waals surface area contributed by atoms with Crippen molar-refractivity contribution in [3.8, 4) is 11.5 Å². The van der Waals surface area contributed by atoms with Gasteiger partial charge < -0.3 is 25.0 Å². The molecule has 0 aliphatic carbocycles. The van der Waals surface area contributed by atoms with Crippen LogP contribution in [0.3, 0.4) is 0 Å². The fraction of sp³-hybridized carbons (Fsp3) is 0.440. The van der Waals surface area contributed by atoms with Gasteiger partial charge in [0.25, 0.3) is 5.91 Å². The summed E-state index contributed by atoms with van der Waals surface area (Å²) in [6.07, 6.45) is 2.05. The molecule has 0 saturated carbocycles. The minimum atomic E-state index is -0.205. The first kappa shape index (κ1) is 23.4. The maximum atomic E-state index is 13.0. The molecule has 1 aliphatic heterocycles. The van der Waals surface area contributed by atoms with Gasteiger partial charge in [0, 0.05) is 36.8 Å². The molecule has 1 unspecified atom stereocenters. The van der Waals surface area contributed by atoms with Gasteiger partial charge in [0.05, 0.1) is 19.9 Å². The first-order valence-corrected chi connectivity index (χ1v) is 11.1. The fourth-order valence-corrected chi connectivity index (χ4v) is 3.84. The lowest BCUT2D eigenvalue weighted by atomic mass is 10.1. The minimum Gasteiger partial charge on any atom is -0.493 e. The van der Waals surface area contributed by atoms with Crippen LogP contribution in [-0.4, -0.2) is 45.2 Å². The molecule has 32 heavy (non-hydrogen) atoms. The monoisotopic (exact) mass is 439 g/mol. The normalized spacial score (nSPS) is 15.5. The Morgan fingerprint density at radius 2 is 1.88 bits per heavy atom. The number of nitrogens with zero attached hydrogens (tertiary/aromatic N) is 1. The van der Waals surface area contributed by atoms with Crippen molar-refractivity contribution in [2.24, 2.45) is 5.92 Å². The average molecular weight is 440 g/mol. The molecule has 172 valence electrons. The first-order valence-electron chi connectivity index (χ1n) is 11.1. The van der Waals surface area contributed by atoms with E-state index in [0.717, 1.165) is 31.6 Å². The molecular weight excluding hydrogens is 406 g/mol. The molecule has 7 nitrogen and oxygen atoms in total. The van der Waals surface area contributed by atoms with Gasteiger partial charge in [0.1, 0.15) is 0 Å². The summed E-state index contributed by atoms with van der Waals surface area (Å²) in [6.45, 7) is 5.79. The average Bonchev–Trinajstić information content (AvgIpc) is 3.26. The van der Waals surface area contributed by atoms with E-state index in [2.05, 4.69) is 41.5 Å². The second-order valence-corrected chi connectivity index (χ2v) is 8.48. The van der Waals surface area contributed by atoms with Gasteiger partial charge in [-0.15, -0.1) is 0 Å². The van der Waals surface area contributed by atoms with E-state index in [-0.39, 0.29) is 17.9 Å². The molecule has 2 aromatic carbocycles. The van der Waals surface area contributed by atoms with Crippen LogP contribution in [0.2, 0.25) is 0 Å². The number of anilines is 2. The fourth-order valence-electron chi connectivity index (χ4n) is 3.84. The van der Waals surface area contributed by atoms with Gasteiger partial charge in [-0.3, -0.25) is 9.59 Å². The van der Waals surface area contributed by atoms with E-state index in [1.54, 1.807) is 12.1 Å². The minimum absolute atomic E-state index is 0.0416. The molecule has 2 amide bonds. The van der Waals surface area contributed by atoms with Crippen LogP contribution in [0.1, 0.15) is 43.5 Å². The number of benzene rings is 2. The lowest BCUT2D eigenvalue weighted by Crippen LogP contribution is -2.37. The lowest BCUT2D eigenvalue weighted by molar-refractivity contribution is -0.116. The van der Waals surface area contributed by atoms with Crippen LogP contribution in [0.25, 0.3) is 0 Å². The topological polar surface area (TPSA) is 79.9 Å². The van der Waals surface area contributed by atoms with Crippen molar-refractivity contribution in [3.05, 3.63) is 48.0 Å². The summed E-state index contributed by atoms with van der Waals surface area (Å²) in [6, 6.07) is 13.5. The molecule has 1 saturated heterocycles. The highest BCUT2D eigenvalue weighted by atomic mass is 16.5. The molecule has 0 aromatic heterocycles. The summed E-state index contributed by atoms with van der Waals surface area (Å²) in [7, 11) is 3.02. The van der Waals surface area contributed by atoms with Crippen LogP contribution in [0.5, 0.6) is 11.5 Å². The van der Waals surface area contributed by atoms with Crippen LogP contribution in [0, 0.1) is 5.92 Å². The van der Waals surface area contributed by atoms with Crippen molar-refractivity contribution in [3.63, 3.8) is 0 Å². The number of rotatable bonds is 9. The maximum absolute atomic E-state index is 13.0. The Labute approximate surface area is 190 Å². The lowest BCUT2D eigenvalue weighted by Gasteiger charge is -2.19. The third kappa shape index (κ3) is 5.93. The van der Waals surface area contributed by atoms with Crippen molar-refractivity contribution in [1.29, 1.82) is 0 Å². The quantitative estimate of drug-likeness (QED) is 0.615. The molecule has 1 fully saturated rings. The number of hydrogen-bond acceptors (Lipinski definition) is 5. The Kier molecular flexibility index (Phi) is 7.98. The summed E-state index contributed by atoms with van der Waals surface area (Å²) in [5.41, 5.74) is 2.00. The van der Waals surface area contributed by atoms with Crippen molar-refractivity contribution in [2.75, 3.05) is 37.5 Å². The number of para-hydroxylation sites is 1. The molecule has 0 bridgehead atoms. The predicted octanol–water partition coefficient (Wildman–Crippen LogP) is 4.09. The van der Waals surface area contributed by atoms with Gasteiger partial charge >= 0.3 is 0 Å². The molecule has 7 heteroatoms. The van der Waals surface area contributed by atoms with Gasteiger partial charge in [0.2, 0.25) is 5.91 Å². The highest BCUT2D eigenvalue weighted by Gasteiger charge is 2.25. The van der Waals surface area contributed by atoms with Crippen molar-refractivity contribution < 1.29 is 19.1 Å². The largest absolute Gasteiger partial charge is 0.493 e. The van der Waals surface area contributed by atoms with E-state index < -0.39 is 0 Å². The van der Waals surface area contributed by atoms with E-state index in [0.29, 0.717) is 35.1 Å². The molecule has 1 aliphatic rings. The van der Waals surface area contributed by atoms with E-state index in [4.69, 9.17) is 9.47 Å². The molecule has 3 rings (SSSR count). The number of amides is 2. The smallest absolute Gasteiger partial charge is 0.251 e. The number of methoxy groups -OCH3 is 2. The summed E-state index contributed by atoms with van der Waals surface area (Å²) in [4.78, 5) is 27.7. The zero-order chi connectivity index (χ0) is 23.1. The van der Waals surface area contributed by atoms with Crippen LogP contribution >= 0.6 is 0 Å². The highest BCUT2D eigenvalue weighted by molar-refractivity contribution is 5.99. The van der Waals surface area contributed by atoms with E-state index in [9.17, 15) is 9.59 Å². The van der Waals surface area contributed by atoms with Crippen LogP contribution < -0.4 is 25.0 Å². The Bertz CT molecular complexity index is 930. The Balaban J connectivity index is 1.72. The third-order valence-electron chi connectivity index (χ3n) is 5.61. The van der Waals surface area contributed by atoms with E-state index >= 15 is 0 Å². The van der Waals surface area contributed by atoms with Crippen molar-refractivity contribution in [2.45, 2.75) is 39.2 Å². The van der Waals surface area contributed by atoms with E-state index in [1.165, 1.54) is 14.2 Å². The van der Waals surface area contributed by atoms with Gasteiger partial charge in [-0.25, -0.2) is 0 Å². The molecule has 2 aromatic rings. The van der Waals surface area contributed by atoms with Gasteiger partial charge in [-0.05, 0) is 43.0 Å². The molecule has 0 radical (unpaired) electrons. The SMILES string of the molecule is COc1cc(C(=O)NC2CCN(c3ccccc3)C2)cc(NC(=O)CCC(C)C)c1OC. The Hall–Kier alpha value is -3.22. The van der Waals surface area contributed by atoms with Crippen LogP contribution in [-0.2, 0) is 4.79 Å². The molecule has 2 N–H and O–H groups in total. The van der Waals surface area contributed by atoms with Gasteiger partial charge in [0.15, 0.2) is 11.5 Å². The number of ether oxygens (including phenoxy) is 2. The van der Waals surface area contributed by atoms with Crippen LogP contribution in [0.15, 0.2) is 42.5 Å². The molecule has 0 spiro atoms. The Morgan fingerprint density at radius 3 is 2.53 bits per heavy atom. The van der Waals surface area contributed by atoms with Crippen LogP contribution in [0.4, 0.5) is 11.4 Å². The van der Waals surface area contributed by atoms with Crippen molar-refractivity contribution >= 4 is 23.2 Å². The summed E-state index contributed by atoms with van der Waals surface area (Å²) < 4.78 is 10.9. The number of hydrogen-bond donors (Lipinski definition) is 2. The number of carbonyl (C=O) groups excluding carboxylic acids is 2. The molecular formula is C25H33N3O4. The van der Waals surface area contributed by atoms with Gasteiger partial charge in [-0.1, -0.05) is 32.0 Å². The summed E-state index contributed by atoms with van der Waals surface area (Å²) in [5, 5.41) is 5.99. The standard InChI is InChI=1S/C25H33N3O4/c1-17(2)10-11-23(29)27-21-14-18(15-22(31-3)24(21)32-4)25(30)26-19-12-13-28(16-19)20-8-6-5-7-9-20/h5-9,14-15,17,19H,10-13,16H2,1-4H3,(H,26,30)(H,27,29). The number of carbonyl (C=O) groups is 2. The molecule has 1 heterocycles. The zero-order valence-corrected chi connectivity index (χ0v) is 19.3. The summed E-state index contributed by atoms with van der Waals surface area (Å²) in [5.74, 6) is 0.903. The maximum Gasteiger partial charge on any atom is 0.251 e. The second-order valence-electron chi connectivity index (χ2n) is 8.48. The van der Waals surface area contributed by atoms with Crippen molar-refractivity contribution in [1.82, 2.24) is 5.32 Å². The molecule has 1 atom stereocenters. The predicted molar refractivity (Wildman–Crippen MR) is 127 cm³/mol. The van der Waals surface area contributed by atoms with E-state index in [1.807, 2.05) is 18.2 Å². The third-order valence-corrected chi connectivity index (χ3v) is 5.61. The zero-order valence-electron chi connectivity index (χ0n) is 19.3. The summed E-state index contributed by atoms with van der Waals surface area (Å²) >= 11 is 0. The Morgan fingerprint density at radius 1 is 1.12 bits per heavy atom. The highest BCUT2D eigenvalue weighted by Crippen LogP contribution is 2.37. The number of nitrogens with one attached hydrogen (secondary N) is 2. The van der Waals surface area contributed by atoms with Gasteiger partial charge in [-0.2, -0.15) is 0 Å².